The smallest absolute Gasteiger partial charge is 0.153 e. The SMILES string of the molecule is CC(C)(C)c1cc(Nc2nc(NC(CO)c3ccc(F)cc3)c(N)cc2Cl)n[nH]1. The van der Waals surface area contributed by atoms with Gasteiger partial charge in [-0.2, -0.15) is 5.10 Å². The van der Waals surface area contributed by atoms with Crippen LogP contribution in [0.3, 0.4) is 0 Å². The lowest BCUT2D eigenvalue weighted by atomic mass is 9.92. The van der Waals surface area contributed by atoms with Gasteiger partial charge < -0.3 is 21.5 Å². The summed E-state index contributed by atoms with van der Waals surface area (Å²) in [7, 11) is 0. The number of halogens is 2. The van der Waals surface area contributed by atoms with E-state index < -0.39 is 6.04 Å². The van der Waals surface area contributed by atoms with Gasteiger partial charge in [-0.15, -0.1) is 0 Å². The molecule has 6 N–H and O–H groups in total. The monoisotopic (exact) mass is 418 g/mol. The summed E-state index contributed by atoms with van der Waals surface area (Å²) in [6.07, 6.45) is 0. The third kappa shape index (κ3) is 4.96. The van der Waals surface area contributed by atoms with Gasteiger partial charge in [-0.25, -0.2) is 9.37 Å². The molecule has 2 aromatic heterocycles. The highest BCUT2D eigenvalue weighted by molar-refractivity contribution is 6.33. The molecule has 29 heavy (non-hydrogen) atoms. The predicted octanol–water partition coefficient (Wildman–Crippen LogP) is 4.37. The average molecular weight is 419 g/mol. The minimum absolute atomic E-state index is 0.0819. The normalized spacial score (nSPS) is 12.6. The van der Waals surface area contributed by atoms with Crippen LogP contribution >= 0.6 is 11.6 Å². The van der Waals surface area contributed by atoms with E-state index in [9.17, 15) is 9.50 Å². The molecule has 0 saturated carbocycles. The van der Waals surface area contributed by atoms with E-state index in [0.29, 0.717) is 33.7 Å². The van der Waals surface area contributed by atoms with Crippen LogP contribution in [-0.2, 0) is 5.41 Å². The summed E-state index contributed by atoms with van der Waals surface area (Å²) in [5.74, 6) is 0.921. The molecule has 154 valence electrons. The highest BCUT2D eigenvalue weighted by Crippen LogP contribution is 2.32. The number of anilines is 4. The molecule has 0 amide bonds. The largest absolute Gasteiger partial charge is 0.396 e. The molecule has 0 spiro atoms. The van der Waals surface area contributed by atoms with Gasteiger partial charge in [0.25, 0.3) is 0 Å². The van der Waals surface area contributed by atoms with Crippen LogP contribution in [0.2, 0.25) is 5.02 Å². The van der Waals surface area contributed by atoms with Crippen molar-refractivity contribution in [3.05, 3.63) is 58.5 Å². The summed E-state index contributed by atoms with van der Waals surface area (Å²) in [5, 5.41) is 23.5. The topological polar surface area (TPSA) is 112 Å². The van der Waals surface area contributed by atoms with Crippen molar-refractivity contribution in [1.29, 1.82) is 0 Å². The van der Waals surface area contributed by atoms with Gasteiger partial charge in [0.15, 0.2) is 17.5 Å². The Morgan fingerprint density at radius 3 is 2.48 bits per heavy atom. The Bertz CT molecular complexity index is 984. The summed E-state index contributed by atoms with van der Waals surface area (Å²) in [4.78, 5) is 4.45. The van der Waals surface area contributed by atoms with E-state index in [-0.39, 0.29) is 17.8 Å². The zero-order valence-electron chi connectivity index (χ0n) is 16.4. The number of nitrogens with two attached hydrogens (primary N) is 1. The summed E-state index contributed by atoms with van der Waals surface area (Å²) >= 11 is 6.29. The molecule has 0 aliphatic rings. The predicted molar refractivity (Wildman–Crippen MR) is 114 cm³/mol. The summed E-state index contributed by atoms with van der Waals surface area (Å²) in [6.45, 7) is 5.99. The molecule has 0 bridgehead atoms. The Morgan fingerprint density at radius 1 is 1.21 bits per heavy atom. The first kappa shape index (κ1) is 20.9. The Morgan fingerprint density at radius 2 is 1.90 bits per heavy atom. The number of aliphatic hydroxyl groups is 1. The second-order valence-electron chi connectivity index (χ2n) is 7.73. The number of aromatic nitrogens is 3. The number of nitrogens with one attached hydrogen (secondary N) is 3. The first-order chi connectivity index (χ1) is 13.7. The van der Waals surface area contributed by atoms with Crippen LogP contribution in [0.1, 0.15) is 38.1 Å². The minimum atomic E-state index is -0.516. The second kappa shape index (κ2) is 8.26. The van der Waals surface area contributed by atoms with Crippen molar-refractivity contribution in [2.75, 3.05) is 23.0 Å². The van der Waals surface area contributed by atoms with Crippen molar-refractivity contribution in [3.63, 3.8) is 0 Å². The van der Waals surface area contributed by atoms with Crippen molar-refractivity contribution in [2.24, 2.45) is 0 Å². The first-order valence-electron chi connectivity index (χ1n) is 9.09. The van der Waals surface area contributed by atoms with Crippen LogP contribution in [0.5, 0.6) is 0 Å². The summed E-state index contributed by atoms with van der Waals surface area (Å²) in [5.41, 5.74) is 7.94. The number of H-pyrrole nitrogens is 1. The minimum Gasteiger partial charge on any atom is -0.396 e. The molecule has 1 aromatic carbocycles. The fourth-order valence-electron chi connectivity index (χ4n) is 2.69. The zero-order chi connectivity index (χ0) is 21.2. The Labute approximate surface area is 173 Å². The number of hydrogen-bond donors (Lipinski definition) is 5. The van der Waals surface area contributed by atoms with Gasteiger partial charge in [0.2, 0.25) is 0 Å². The molecule has 2 heterocycles. The van der Waals surface area contributed by atoms with E-state index >= 15 is 0 Å². The number of pyridine rings is 1. The van der Waals surface area contributed by atoms with Crippen LogP contribution < -0.4 is 16.4 Å². The summed E-state index contributed by atoms with van der Waals surface area (Å²) < 4.78 is 13.2. The number of hydrogen-bond acceptors (Lipinski definition) is 6. The standard InChI is InChI=1S/C20H24ClFN6O/c1-20(2,3)16-9-17(28-27-16)25-18-13(21)8-14(23)19(26-18)24-15(10-29)11-4-6-12(22)7-5-11/h4-9,15,29H,10,23H2,1-3H3,(H3,24,25,26,27,28). The number of rotatable bonds is 6. The van der Waals surface area contributed by atoms with Crippen LogP contribution in [0.15, 0.2) is 36.4 Å². The maximum Gasteiger partial charge on any atom is 0.153 e. The molecule has 1 unspecified atom stereocenters. The molecule has 0 fully saturated rings. The van der Waals surface area contributed by atoms with Gasteiger partial charge in [0.05, 0.1) is 23.4 Å². The second-order valence-corrected chi connectivity index (χ2v) is 8.14. The third-order valence-electron chi connectivity index (χ3n) is 4.40. The molecule has 0 saturated heterocycles. The molecule has 9 heteroatoms. The van der Waals surface area contributed by atoms with Gasteiger partial charge in [-0.3, -0.25) is 5.10 Å². The van der Waals surface area contributed by atoms with Gasteiger partial charge in [-0.1, -0.05) is 44.5 Å². The van der Waals surface area contributed by atoms with Crippen molar-refractivity contribution in [1.82, 2.24) is 15.2 Å². The fourth-order valence-corrected chi connectivity index (χ4v) is 2.90. The van der Waals surface area contributed by atoms with Gasteiger partial charge in [0, 0.05) is 17.2 Å². The molecular weight excluding hydrogens is 395 g/mol. The Kier molecular flexibility index (Phi) is 5.95. The maximum atomic E-state index is 13.2. The Hall–Kier alpha value is -2.84. The van der Waals surface area contributed by atoms with E-state index in [1.807, 2.05) is 6.07 Å². The van der Waals surface area contributed by atoms with Crippen LogP contribution in [-0.4, -0.2) is 26.9 Å². The van der Waals surface area contributed by atoms with Crippen LogP contribution in [0.25, 0.3) is 0 Å². The van der Waals surface area contributed by atoms with E-state index in [2.05, 4.69) is 46.6 Å². The van der Waals surface area contributed by atoms with Crippen molar-refractivity contribution < 1.29 is 9.50 Å². The highest BCUT2D eigenvalue weighted by atomic mass is 35.5. The molecular formula is C20H24ClFN6O. The molecule has 3 aromatic rings. The number of nitrogens with zero attached hydrogens (tertiary/aromatic N) is 2. The van der Waals surface area contributed by atoms with Crippen molar-refractivity contribution in [2.45, 2.75) is 32.2 Å². The van der Waals surface area contributed by atoms with Crippen LogP contribution in [0.4, 0.5) is 27.5 Å². The number of nitrogen functional groups attached to an aromatic ring is 1. The lowest BCUT2D eigenvalue weighted by Gasteiger charge is -2.19. The van der Waals surface area contributed by atoms with Crippen molar-refractivity contribution in [3.8, 4) is 0 Å². The molecule has 7 nitrogen and oxygen atoms in total. The van der Waals surface area contributed by atoms with Gasteiger partial charge in [0.1, 0.15) is 5.82 Å². The molecule has 0 aliphatic heterocycles. The van der Waals surface area contributed by atoms with Crippen LogP contribution in [0, 0.1) is 5.82 Å². The fraction of sp³-hybridized carbons (Fsp3) is 0.300. The zero-order valence-corrected chi connectivity index (χ0v) is 17.2. The number of benzene rings is 1. The summed E-state index contributed by atoms with van der Waals surface area (Å²) in [6, 6.07) is 8.77. The van der Waals surface area contributed by atoms with E-state index in [1.165, 1.54) is 12.1 Å². The number of aromatic amines is 1. The van der Waals surface area contributed by atoms with Crippen molar-refractivity contribution >= 4 is 34.7 Å². The maximum absolute atomic E-state index is 13.2. The number of aliphatic hydroxyl groups excluding tert-OH is 1. The lowest BCUT2D eigenvalue weighted by molar-refractivity contribution is 0.276. The molecule has 0 aliphatic carbocycles. The van der Waals surface area contributed by atoms with Gasteiger partial charge in [-0.05, 0) is 23.8 Å². The highest BCUT2D eigenvalue weighted by Gasteiger charge is 2.19. The van der Waals surface area contributed by atoms with E-state index in [1.54, 1.807) is 18.2 Å². The Balaban J connectivity index is 1.85. The quantitative estimate of drug-likeness (QED) is 0.406. The van der Waals surface area contributed by atoms with Gasteiger partial charge >= 0.3 is 0 Å². The van der Waals surface area contributed by atoms with E-state index in [0.717, 1.165) is 5.69 Å². The molecule has 1 atom stereocenters. The molecule has 3 rings (SSSR count). The first-order valence-corrected chi connectivity index (χ1v) is 9.47. The average Bonchev–Trinajstić information content (AvgIpc) is 3.13. The third-order valence-corrected chi connectivity index (χ3v) is 4.69. The van der Waals surface area contributed by atoms with E-state index in [4.69, 9.17) is 17.3 Å². The lowest BCUT2D eigenvalue weighted by Crippen LogP contribution is -2.17. The molecule has 0 radical (unpaired) electrons.